The highest BCUT2D eigenvalue weighted by molar-refractivity contribution is 5.92. The number of anilines is 1. The number of carbonyl (C=O) groups excluding carboxylic acids is 2. The van der Waals surface area contributed by atoms with Crippen LogP contribution >= 0.6 is 0 Å². The molecule has 0 saturated carbocycles. The third kappa shape index (κ3) is 4.93. The molecule has 1 heterocycles. The van der Waals surface area contributed by atoms with Gasteiger partial charge in [0.25, 0.3) is 0 Å². The highest BCUT2D eigenvalue weighted by atomic mass is 19.1. The summed E-state index contributed by atoms with van der Waals surface area (Å²) in [4.78, 5) is 25.4. The largest absolute Gasteiger partial charge is 0.325 e. The topological polar surface area (TPSA) is 49.4 Å². The number of piperidine rings is 1. The minimum absolute atomic E-state index is 0.148. The maximum Gasteiger partial charge on any atom is 0.238 e. The number of likely N-dealkylation sites (tertiary alicyclic amines) is 1. The molecule has 2 rings (SSSR count). The average molecular weight is 292 g/mol. The van der Waals surface area contributed by atoms with Gasteiger partial charge < -0.3 is 5.32 Å². The Labute approximate surface area is 124 Å². The van der Waals surface area contributed by atoms with Crippen LogP contribution in [0.25, 0.3) is 0 Å². The lowest BCUT2D eigenvalue weighted by Crippen LogP contribution is -2.44. The van der Waals surface area contributed by atoms with Crippen molar-refractivity contribution in [2.45, 2.75) is 38.6 Å². The van der Waals surface area contributed by atoms with Gasteiger partial charge in [0.1, 0.15) is 11.6 Å². The molecule has 1 fully saturated rings. The van der Waals surface area contributed by atoms with Crippen LogP contribution in [0.3, 0.4) is 0 Å². The van der Waals surface area contributed by atoms with Gasteiger partial charge in [-0.15, -0.1) is 0 Å². The molecule has 1 N–H and O–H groups in total. The summed E-state index contributed by atoms with van der Waals surface area (Å²) in [5, 5.41) is 2.70. The molecule has 0 bridgehead atoms. The van der Waals surface area contributed by atoms with Crippen molar-refractivity contribution in [3.8, 4) is 0 Å². The molecule has 0 aromatic heterocycles. The minimum atomic E-state index is -0.375. The van der Waals surface area contributed by atoms with Crippen LogP contribution in [0.15, 0.2) is 24.3 Å². The van der Waals surface area contributed by atoms with Gasteiger partial charge in [-0.2, -0.15) is 0 Å². The van der Waals surface area contributed by atoms with Crippen molar-refractivity contribution in [3.63, 3.8) is 0 Å². The first-order valence-corrected chi connectivity index (χ1v) is 7.33. The summed E-state index contributed by atoms with van der Waals surface area (Å²) in [6.45, 7) is 2.66. The van der Waals surface area contributed by atoms with E-state index in [4.69, 9.17) is 0 Å². The number of amides is 1. The molecule has 1 amide bonds. The molecule has 1 aromatic rings. The Hall–Kier alpha value is -1.75. The number of nitrogens with one attached hydrogen (secondary N) is 1. The van der Waals surface area contributed by atoms with Gasteiger partial charge in [0, 0.05) is 18.2 Å². The van der Waals surface area contributed by atoms with Crippen molar-refractivity contribution in [2.75, 3.05) is 18.4 Å². The van der Waals surface area contributed by atoms with E-state index in [0.717, 1.165) is 25.8 Å². The highest BCUT2D eigenvalue weighted by Gasteiger charge is 2.25. The fourth-order valence-corrected chi connectivity index (χ4v) is 2.78. The van der Waals surface area contributed by atoms with Crippen molar-refractivity contribution in [1.29, 1.82) is 0 Å². The van der Waals surface area contributed by atoms with Crippen molar-refractivity contribution in [1.82, 2.24) is 4.90 Å². The van der Waals surface area contributed by atoms with Gasteiger partial charge in [-0.3, -0.25) is 14.5 Å². The SMILES string of the molecule is CC(=O)CC1CCCCN1CC(=O)Nc1cccc(F)c1. The predicted octanol–water partition coefficient (Wildman–Crippen LogP) is 2.60. The second kappa shape index (κ2) is 7.31. The van der Waals surface area contributed by atoms with E-state index in [1.54, 1.807) is 19.1 Å². The zero-order valence-electron chi connectivity index (χ0n) is 12.3. The van der Waals surface area contributed by atoms with Crippen LogP contribution in [0.1, 0.15) is 32.6 Å². The van der Waals surface area contributed by atoms with Gasteiger partial charge in [0.2, 0.25) is 5.91 Å². The van der Waals surface area contributed by atoms with Gasteiger partial charge in [-0.25, -0.2) is 4.39 Å². The molecule has 0 aliphatic carbocycles. The molecule has 0 radical (unpaired) electrons. The Bertz CT molecular complexity index is 519. The summed E-state index contributed by atoms with van der Waals surface area (Å²) in [5.74, 6) is -0.395. The van der Waals surface area contributed by atoms with E-state index in [2.05, 4.69) is 10.2 Å². The van der Waals surface area contributed by atoms with E-state index in [0.29, 0.717) is 12.1 Å². The van der Waals surface area contributed by atoms with E-state index in [1.165, 1.54) is 12.1 Å². The highest BCUT2D eigenvalue weighted by Crippen LogP contribution is 2.20. The fraction of sp³-hybridized carbons (Fsp3) is 0.500. The quantitative estimate of drug-likeness (QED) is 0.907. The van der Waals surface area contributed by atoms with E-state index in [9.17, 15) is 14.0 Å². The van der Waals surface area contributed by atoms with Gasteiger partial charge in [0.05, 0.1) is 6.54 Å². The summed E-state index contributed by atoms with van der Waals surface area (Å²) in [6.07, 6.45) is 3.59. The third-order valence-electron chi connectivity index (χ3n) is 3.73. The van der Waals surface area contributed by atoms with Gasteiger partial charge in [-0.05, 0) is 44.5 Å². The number of carbonyl (C=O) groups is 2. The third-order valence-corrected chi connectivity index (χ3v) is 3.73. The first-order valence-electron chi connectivity index (χ1n) is 7.33. The zero-order valence-corrected chi connectivity index (χ0v) is 12.3. The van der Waals surface area contributed by atoms with Crippen LogP contribution in [0.2, 0.25) is 0 Å². The van der Waals surface area contributed by atoms with Gasteiger partial charge >= 0.3 is 0 Å². The summed E-state index contributed by atoms with van der Waals surface area (Å²) in [5.41, 5.74) is 0.458. The van der Waals surface area contributed by atoms with E-state index in [1.807, 2.05) is 0 Å². The molecule has 21 heavy (non-hydrogen) atoms. The van der Waals surface area contributed by atoms with Crippen molar-refractivity contribution >= 4 is 17.4 Å². The maximum atomic E-state index is 13.1. The van der Waals surface area contributed by atoms with Gasteiger partial charge in [-0.1, -0.05) is 12.5 Å². The number of nitrogens with zero attached hydrogens (tertiary/aromatic N) is 1. The Morgan fingerprint density at radius 3 is 2.90 bits per heavy atom. The fourth-order valence-electron chi connectivity index (χ4n) is 2.78. The Morgan fingerprint density at radius 1 is 1.38 bits per heavy atom. The van der Waals surface area contributed by atoms with Crippen LogP contribution < -0.4 is 5.32 Å². The van der Waals surface area contributed by atoms with Crippen molar-refractivity contribution < 1.29 is 14.0 Å². The van der Waals surface area contributed by atoms with Crippen LogP contribution in [0, 0.1) is 5.82 Å². The molecule has 1 saturated heterocycles. The molecule has 1 aliphatic rings. The summed E-state index contributed by atoms with van der Waals surface area (Å²) in [6, 6.07) is 5.99. The van der Waals surface area contributed by atoms with E-state index < -0.39 is 0 Å². The normalized spacial score (nSPS) is 19.2. The Kier molecular flexibility index (Phi) is 5.44. The monoisotopic (exact) mass is 292 g/mol. The molecule has 1 aliphatic heterocycles. The number of hydrogen-bond acceptors (Lipinski definition) is 3. The Balaban J connectivity index is 1.92. The molecule has 5 heteroatoms. The maximum absolute atomic E-state index is 13.1. The van der Waals surface area contributed by atoms with Crippen LogP contribution in [-0.2, 0) is 9.59 Å². The molecule has 1 unspecified atom stereocenters. The minimum Gasteiger partial charge on any atom is -0.325 e. The van der Waals surface area contributed by atoms with E-state index >= 15 is 0 Å². The molecular formula is C16H21FN2O2. The number of halogens is 1. The average Bonchev–Trinajstić information content (AvgIpc) is 2.40. The lowest BCUT2D eigenvalue weighted by molar-refractivity contribution is -0.121. The zero-order chi connectivity index (χ0) is 15.2. The molecule has 114 valence electrons. The first kappa shape index (κ1) is 15.6. The number of hydrogen-bond donors (Lipinski definition) is 1. The molecule has 1 atom stereocenters. The summed E-state index contributed by atoms with van der Waals surface area (Å²) in [7, 11) is 0. The molecular weight excluding hydrogens is 271 g/mol. The smallest absolute Gasteiger partial charge is 0.238 e. The number of rotatable bonds is 5. The van der Waals surface area contributed by atoms with Crippen molar-refractivity contribution in [3.05, 3.63) is 30.1 Å². The van der Waals surface area contributed by atoms with Crippen LogP contribution in [0.5, 0.6) is 0 Å². The second-order valence-electron chi connectivity index (χ2n) is 5.58. The molecule has 1 aromatic carbocycles. The summed E-state index contributed by atoms with van der Waals surface area (Å²) < 4.78 is 13.1. The second-order valence-corrected chi connectivity index (χ2v) is 5.58. The number of Topliss-reactive ketones (excluding diaryl/α,β-unsaturated/α-hetero) is 1. The molecule has 4 nitrogen and oxygen atoms in total. The Morgan fingerprint density at radius 2 is 2.19 bits per heavy atom. The van der Waals surface area contributed by atoms with Crippen LogP contribution in [-0.4, -0.2) is 35.7 Å². The standard InChI is InChI=1S/C16H21FN2O2/c1-12(20)9-15-7-2-3-8-19(15)11-16(21)18-14-6-4-5-13(17)10-14/h4-6,10,15H,2-3,7-9,11H2,1H3,(H,18,21). The van der Waals surface area contributed by atoms with Gasteiger partial charge in [0.15, 0.2) is 0 Å². The number of ketones is 1. The molecule has 0 spiro atoms. The van der Waals surface area contributed by atoms with E-state index in [-0.39, 0.29) is 30.1 Å². The first-order chi connectivity index (χ1) is 10.0. The van der Waals surface area contributed by atoms with Crippen molar-refractivity contribution in [2.24, 2.45) is 0 Å². The number of benzene rings is 1. The lowest BCUT2D eigenvalue weighted by atomic mass is 9.98. The van der Waals surface area contributed by atoms with Crippen LogP contribution in [0.4, 0.5) is 10.1 Å². The summed E-state index contributed by atoms with van der Waals surface area (Å²) >= 11 is 0. The lowest BCUT2D eigenvalue weighted by Gasteiger charge is -2.34. The predicted molar refractivity (Wildman–Crippen MR) is 79.5 cm³/mol.